The van der Waals surface area contributed by atoms with Crippen molar-refractivity contribution in [2.75, 3.05) is 18.6 Å². The molecule has 0 bridgehead atoms. The predicted molar refractivity (Wildman–Crippen MR) is 97.7 cm³/mol. The SMILES string of the molecule is CCN1C(=O)/C(=N/N=C\c2cc(OC)c([O-])c([N+](=O)[O-])c2)c2ccccc21. The van der Waals surface area contributed by atoms with E-state index in [0.717, 1.165) is 11.8 Å². The number of nitrogens with zero attached hydrogens (tertiary/aromatic N) is 4. The van der Waals surface area contributed by atoms with Gasteiger partial charge in [-0.3, -0.25) is 14.9 Å². The first-order valence-corrected chi connectivity index (χ1v) is 8.03. The van der Waals surface area contributed by atoms with Gasteiger partial charge in [-0.25, -0.2) is 0 Å². The fourth-order valence-corrected chi connectivity index (χ4v) is 2.80. The largest absolute Gasteiger partial charge is 0.865 e. The van der Waals surface area contributed by atoms with E-state index >= 15 is 0 Å². The van der Waals surface area contributed by atoms with Gasteiger partial charge >= 0.3 is 0 Å². The number of carbonyl (C=O) groups excluding carboxylic acids is 1. The van der Waals surface area contributed by atoms with Gasteiger partial charge in [0.25, 0.3) is 11.6 Å². The molecule has 0 saturated carbocycles. The van der Waals surface area contributed by atoms with Gasteiger partial charge in [-0.15, -0.1) is 5.10 Å². The van der Waals surface area contributed by atoms with Crippen LogP contribution in [0.15, 0.2) is 46.6 Å². The zero-order chi connectivity index (χ0) is 19.6. The minimum atomic E-state index is -0.815. The number of carbonyl (C=O) groups is 1. The third kappa shape index (κ3) is 3.22. The molecule has 0 radical (unpaired) electrons. The molecule has 1 aliphatic rings. The van der Waals surface area contributed by atoms with Crippen molar-refractivity contribution < 1.29 is 19.6 Å². The summed E-state index contributed by atoms with van der Waals surface area (Å²) in [4.78, 5) is 24.3. The van der Waals surface area contributed by atoms with Gasteiger partial charge in [-0.2, -0.15) is 5.10 Å². The Morgan fingerprint density at radius 2 is 2.04 bits per heavy atom. The zero-order valence-corrected chi connectivity index (χ0v) is 14.6. The van der Waals surface area contributed by atoms with Crippen LogP contribution in [0, 0.1) is 10.1 Å². The lowest BCUT2D eigenvalue weighted by atomic mass is 10.1. The van der Waals surface area contributed by atoms with Gasteiger partial charge in [-0.1, -0.05) is 18.2 Å². The summed E-state index contributed by atoms with van der Waals surface area (Å²) in [5.74, 6) is -1.25. The Morgan fingerprint density at radius 3 is 2.70 bits per heavy atom. The van der Waals surface area contributed by atoms with Crippen LogP contribution in [-0.2, 0) is 4.79 Å². The molecular formula is C18H15N4O5-. The number of methoxy groups -OCH3 is 1. The monoisotopic (exact) mass is 367 g/mol. The van der Waals surface area contributed by atoms with Crippen LogP contribution < -0.4 is 14.7 Å². The van der Waals surface area contributed by atoms with Crippen LogP contribution in [0.5, 0.6) is 11.5 Å². The molecule has 2 aromatic rings. The molecule has 0 atom stereocenters. The molecule has 0 spiro atoms. The summed E-state index contributed by atoms with van der Waals surface area (Å²) in [5.41, 5.74) is 1.24. The molecule has 9 nitrogen and oxygen atoms in total. The van der Waals surface area contributed by atoms with Crippen molar-refractivity contribution in [3.8, 4) is 11.5 Å². The number of anilines is 1. The molecule has 27 heavy (non-hydrogen) atoms. The molecule has 3 rings (SSSR count). The lowest BCUT2D eigenvalue weighted by Gasteiger charge is -2.13. The maximum absolute atomic E-state index is 12.5. The fraction of sp³-hybridized carbons (Fsp3) is 0.167. The van der Waals surface area contributed by atoms with Crippen molar-refractivity contribution in [3.63, 3.8) is 0 Å². The van der Waals surface area contributed by atoms with Crippen LogP contribution in [0.1, 0.15) is 18.1 Å². The number of hydrogen-bond acceptors (Lipinski definition) is 7. The highest BCUT2D eigenvalue weighted by molar-refractivity contribution is 6.54. The maximum atomic E-state index is 12.5. The summed E-state index contributed by atoms with van der Waals surface area (Å²) >= 11 is 0. The van der Waals surface area contributed by atoms with Gasteiger partial charge in [-0.05, 0) is 19.1 Å². The average molecular weight is 367 g/mol. The number of para-hydroxylation sites is 1. The molecule has 138 valence electrons. The van der Waals surface area contributed by atoms with E-state index in [0.29, 0.717) is 12.1 Å². The molecule has 1 aliphatic heterocycles. The molecule has 2 aromatic carbocycles. The standard InChI is InChI=1S/C18H16N4O5/c1-3-21-13-7-5-4-6-12(13)16(18(21)24)20-19-10-11-8-14(22(25)26)17(23)15(9-11)27-2/h4-10,23H,3H2,1-2H3/p-1/b19-10-,20-16+. The summed E-state index contributed by atoms with van der Waals surface area (Å²) in [6.07, 6.45) is 1.23. The van der Waals surface area contributed by atoms with Gasteiger partial charge in [0, 0.05) is 29.5 Å². The van der Waals surface area contributed by atoms with Crippen molar-refractivity contribution in [3.05, 3.63) is 57.6 Å². The Hall–Kier alpha value is -3.75. The summed E-state index contributed by atoms with van der Waals surface area (Å²) in [7, 11) is 1.25. The molecule has 1 amide bonds. The summed E-state index contributed by atoms with van der Waals surface area (Å²) in [6, 6.07) is 9.63. The van der Waals surface area contributed by atoms with Crippen molar-refractivity contribution >= 4 is 29.2 Å². The number of rotatable bonds is 5. The fourth-order valence-electron chi connectivity index (χ4n) is 2.80. The van der Waals surface area contributed by atoms with Gasteiger partial charge in [0.15, 0.2) is 5.71 Å². The molecule has 0 aliphatic carbocycles. The van der Waals surface area contributed by atoms with Crippen LogP contribution >= 0.6 is 0 Å². The number of likely N-dealkylation sites (N-methyl/N-ethyl adjacent to an activating group) is 1. The molecule has 9 heteroatoms. The van der Waals surface area contributed by atoms with Crippen molar-refractivity contribution in [1.82, 2.24) is 0 Å². The van der Waals surface area contributed by atoms with Gasteiger partial charge in [0.1, 0.15) is 5.75 Å². The molecule has 0 N–H and O–H groups in total. The maximum Gasteiger partial charge on any atom is 0.279 e. The average Bonchev–Trinajstić information content (AvgIpc) is 2.93. The third-order valence-corrected chi connectivity index (χ3v) is 4.05. The molecule has 0 aromatic heterocycles. The highest BCUT2D eigenvalue weighted by atomic mass is 16.6. The quantitative estimate of drug-likeness (QED) is 0.454. The predicted octanol–water partition coefficient (Wildman–Crippen LogP) is 1.87. The van der Waals surface area contributed by atoms with E-state index in [-0.39, 0.29) is 22.9 Å². The van der Waals surface area contributed by atoms with Crippen LogP contribution in [0.25, 0.3) is 0 Å². The Bertz CT molecular complexity index is 984. The second-order valence-electron chi connectivity index (χ2n) is 5.59. The van der Waals surface area contributed by atoms with E-state index in [2.05, 4.69) is 10.2 Å². The third-order valence-electron chi connectivity index (χ3n) is 4.05. The molecule has 0 unspecified atom stereocenters. The number of hydrogen-bond donors (Lipinski definition) is 0. The summed E-state index contributed by atoms with van der Waals surface area (Å²) in [5, 5.41) is 30.7. The molecule has 1 heterocycles. The Labute approximate surface area is 154 Å². The topological polar surface area (TPSA) is 120 Å². The van der Waals surface area contributed by atoms with E-state index in [1.54, 1.807) is 17.0 Å². The Balaban J connectivity index is 1.97. The number of nitro benzene ring substituents is 1. The normalized spacial score (nSPS) is 14.8. The van der Waals surface area contributed by atoms with Crippen LogP contribution in [0.3, 0.4) is 0 Å². The Kier molecular flexibility index (Phi) is 4.84. The van der Waals surface area contributed by atoms with Crippen LogP contribution in [-0.4, -0.2) is 36.4 Å². The van der Waals surface area contributed by atoms with E-state index in [1.165, 1.54) is 19.4 Å². The first-order valence-electron chi connectivity index (χ1n) is 8.03. The minimum Gasteiger partial charge on any atom is -0.865 e. The minimum absolute atomic E-state index is 0.169. The molecule has 0 fully saturated rings. The smallest absolute Gasteiger partial charge is 0.279 e. The van der Waals surface area contributed by atoms with Crippen molar-refractivity contribution in [2.45, 2.75) is 6.92 Å². The Morgan fingerprint density at radius 1 is 1.30 bits per heavy atom. The first kappa shape index (κ1) is 18.1. The number of ether oxygens (including phenoxy) is 1. The lowest BCUT2D eigenvalue weighted by Crippen LogP contribution is -2.29. The highest BCUT2D eigenvalue weighted by Gasteiger charge is 2.32. The number of benzene rings is 2. The van der Waals surface area contributed by atoms with Gasteiger partial charge in [0.2, 0.25) is 0 Å². The lowest BCUT2D eigenvalue weighted by molar-refractivity contribution is -0.398. The number of nitro groups is 1. The highest BCUT2D eigenvalue weighted by Crippen LogP contribution is 2.34. The summed E-state index contributed by atoms with van der Waals surface area (Å²) in [6.45, 7) is 2.35. The van der Waals surface area contributed by atoms with Crippen molar-refractivity contribution in [2.24, 2.45) is 10.2 Å². The van der Waals surface area contributed by atoms with Gasteiger partial charge < -0.3 is 14.7 Å². The zero-order valence-electron chi connectivity index (χ0n) is 14.6. The van der Waals surface area contributed by atoms with E-state index in [4.69, 9.17) is 4.74 Å². The van der Waals surface area contributed by atoms with Crippen LogP contribution in [0.4, 0.5) is 11.4 Å². The van der Waals surface area contributed by atoms with Crippen molar-refractivity contribution in [1.29, 1.82) is 0 Å². The molecule has 0 saturated heterocycles. The second kappa shape index (κ2) is 7.24. The van der Waals surface area contributed by atoms with Gasteiger partial charge in [0.05, 0.1) is 23.9 Å². The second-order valence-corrected chi connectivity index (χ2v) is 5.59. The summed E-state index contributed by atoms with van der Waals surface area (Å²) < 4.78 is 4.87. The number of amides is 1. The van der Waals surface area contributed by atoms with E-state index in [9.17, 15) is 20.0 Å². The first-order chi connectivity index (χ1) is 13.0. The van der Waals surface area contributed by atoms with E-state index in [1.807, 2.05) is 19.1 Å². The molecular weight excluding hydrogens is 352 g/mol. The number of fused-ring (bicyclic) bond motifs is 1. The van der Waals surface area contributed by atoms with E-state index < -0.39 is 16.4 Å². The van der Waals surface area contributed by atoms with Crippen LogP contribution in [0.2, 0.25) is 0 Å².